The average molecular weight is 305 g/mol. The molecular formula is C12H5ClF4N2O. The quantitative estimate of drug-likeness (QED) is 0.524. The molecule has 8 heteroatoms. The normalized spacial score (nSPS) is 10.4. The second-order valence-corrected chi connectivity index (χ2v) is 4.05. The van der Waals surface area contributed by atoms with E-state index >= 15 is 0 Å². The standard InChI is InChI=1S/C12H5ClF4N2O/c13-11-6(1-5(14)4-18-11)12(20)19-10-3-8(16)7(15)2-9(10)17/h1-4H,(H,19,20). The second kappa shape index (κ2) is 5.46. The van der Waals surface area contributed by atoms with Crippen molar-refractivity contribution in [3.05, 3.63) is 58.4 Å². The first-order valence-corrected chi connectivity index (χ1v) is 5.53. The number of halogens is 5. The number of carbonyl (C=O) groups is 1. The van der Waals surface area contributed by atoms with E-state index in [0.29, 0.717) is 6.07 Å². The van der Waals surface area contributed by atoms with E-state index in [1.807, 2.05) is 5.32 Å². The van der Waals surface area contributed by atoms with Crippen LogP contribution in [-0.2, 0) is 0 Å². The fourth-order valence-electron chi connectivity index (χ4n) is 1.39. The zero-order valence-corrected chi connectivity index (χ0v) is 10.3. The molecule has 0 unspecified atom stereocenters. The number of nitrogens with zero attached hydrogens (tertiary/aromatic N) is 1. The van der Waals surface area contributed by atoms with E-state index in [4.69, 9.17) is 11.6 Å². The van der Waals surface area contributed by atoms with Crippen LogP contribution in [0.5, 0.6) is 0 Å². The Bertz CT molecular complexity index is 693. The van der Waals surface area contributed by atoms with Crippen molar-refractivity contribution in [2.24, 2.45) is 0 Å². The van der Waals surface area contributed by atoms with Gasteiger partial charge in [-0.3, -0.25) is 4.79 Å². The van der Waals surface area contributed by atoms with E-state index in [1.54, 1.807) is 0 Å². The number of pyridine rings is 1. The van der Waals surface area contributed by atoms with Crippen molar-refractivity contribution >= 4 is 23.2 Å². The van der Waals surface area contributed by atoms with Crippen molar-refractivity contribution in [1.29, 1.82) is 0 Å². The molecule has 2 rings (SSSR count). The number of amides is 1. The van der Waals surface area contributed by atoms with Crippen LogP contribution in [0.15, 0.2) is 24.4 Å². The van der Waals surface area contributed by atoms with Crippen molar-refractivity contribution < 1.29 is 22.4 Å². The van der Waals surface area contributed by atoms with Crippen LogP contribution < -0.4 is 5.32 Å². The Hall–Kier alpha value is -2.15. The molecule has 104 valence electrons. The number of hydrogen-bond acceptors (Lipinski definition) is 2. The second-order valence-electron chi connectivity index (χ2n) is 3.69. The molecular weight excluding hydrogens is 300 g/mol. The van der Waals surface area contributed by atoms with E-state index in [0.717, 1.165) is 12.3 Å². The minimum Gasteiger partial charge on any atom is -0.319 e. The lowest BCUT2D eigenvalue weighted by atomic mass is 10.2. The zero-order valence-electron chi connectivity index (χ0n) is 9.55. The fraction of sp³-hybridized carbons (Fsp3) is 0. The number of carbonyl (C=O) groups excluding carboxylic acids is 1. The molecule has 0 fully saturated rings. The first kappa shape index (κ1) is 14.3. The number of aromatic nitrogens is 1. The third-order valence-corrected chi connectivity index (χ3v) is 2.61. The number of benzene rings is 1. The Morgan fingerprint density at radius 2 is 1.70 bits per heavy atom. The van der Waals surface area contributed by atoms with Crippen LogP contribution in [0, 0.1) is 23.3 Å². The number of rotatable bonds is 2. The molecule has 3 nitrogen and oxygen atoms in total. The summed E-state index contributed by atoms with van der Waals surface area (Å²) in [6.45, 7) is 0. The summed E-state index contributed by atoms with van der Waals surface area (Å²) in [6.07, 6.45) is 0.789. The molecule has 2 aromatic rings. The molecule has 0 spiro atoms. The molecule has 0 atom stereocenters. The summed E-state index contributed by atoms with van der Waals surface area (Å²) in [7, 11) is 0. The van der Waals surface area contributed by atoms with Crippen LogP contribution in [-0.4, -0.2) is 10.9 Å². The highest BCUT2D eigenvalue weighted by Crippen LogP contribution is 2.21. The minimum atomic E-state index is -1.40. The first-order valence-electron chi connectivity index (χ1n) is 5.15. The van der Waals surface area contributed by atoms with Gasteiger partial charge in [0.15, 0.2) is 11.6 Å². The summed E-state index contributed by atoms with van der Waals surface area (Å²) >= 11 is 5.59. The Labute approximate surface area is 115 Å². The summed E-state index contributed by atoms with van der Waals surface area (Å²) in [5.41, 5.74) is -0.968. The van der Waals surface area contributed by atoms with E-state index in [2.05, 4.69) is 4.98 Å². The molecule has 1 amide bonds. The smallest absolute Gasteiger partial charge is 0.258 e. The summed E-state index contributed by atoms with van der Waals surface area (Å²) in [5, 5.41) is 1.64. The highest BCUT2D eigenvalue weighted by atomic mass is 35.5. The Balaban J connectivity index is 2.32. The Kier molecular flexibility index (Phi) is 3.89. The minimum absolute atomic E-state index is 0.274. The summed E-state index contributed by atoms with van der Waals surface area (Å²) in [4.78, 5) is 15.1. The summed E-state index contributed by atoms with van der Waals surface area (Å²) in [6, 6.07) is 1.52. The zero-order chi connectivity index (χ0) is 14.9. The summed E-state index contributed by atoms with van der Waals surface area (Å²) in [5.74, 6) is -5.76. The highest BCUT2D eigenvalue weighted by Gasteiger charge is 2.16. The van der Waals surface area contributed by atoms with Crippen molar-refractivity contribution in [3.8, 4) is 0 Å². The highest BCUT2D eigenvalue weighted by molar-refractivity contribution is 6.33. The molecule has 0 aliphatic heterocycles. The molecule has 20 heavy (non-hydrogen) atoms. The lowest BCUT2D eigenvalue weighted by Gasteiger charge is -2.08. The van der Waals surface area contributed by atoms with E-state index in [9.17, 15) is 22.4 Å². The third-order valence-electron chi connectivity index (χ3n) is 2.31. The molecule has 0 aliphatic carbocycles. The maximum atomic E-state index is 13.3. The van der Waals surface area contributed by atoms with Gasteiger partial charge in [-0.25, -0.2) is 22.5 Å². The van der Waals surface area contributed by atoms with Crippen LogP contribution in [0.25, 0.3) is 0 Å². The van der Waals surface area contributed by atoms with Crippen LogP contribution in [0.3, 0.4) is 0 Å². The molecule has 1 aromatic carbocycles. The number of anilines is 1. The van der Waals surface area contributed by atoms with Gasteiger partial charge in [-0.2, -0.15) is 0 Å². The lowest BCUT2D eigenvalue weighted by Crippen LogP contribution is -2.15. The van der Waals surface area contributed by atoms with Crippen LogP contribution in [0.1, 0.15) is 10.4 Å². The van der Waals surface area contributed by atoms with Crippen LogP contribution in [0.4, 0.5) is 23.2 Å². The van der Waals surface area contributed by atoms with Crippen molar-refractivity contribution in [3.63, 3.8) is 0 Å². The van der Waals surface area contributed by atoms with E-state index in [-0.39, 0.29) is 16.8 Å². The molecule has 1 aromatic heterocycles. The van der Waals surface area contributed by atoms with Gasteiger partial charge in [-0.1, -0.05) is 11.6 Å². The van der Waals surface area contributed by atoms with Crippen molar-refractivity contribution in [1.82, 2.24) is 4.98 Å². The predicted molar refractivity (Wildman–Crippen MR) is 63.5 cm³/mol. The van der Waals surface area contributed by atoms with Gasteiger partial charge >= 0.3 is 0 Å². The maximum Gasteiger partial charge on any atom is 0.258 e. The van der Waals surface area contributed by atoms with Gasteiger partial charge < -0.3 is 5.32 Å². The maximum absolute atomic E-state index is 13.3. The van der Waals surface area contributed by atoms with Gasteiger partial charge in [0.2, 0.25) is 0 Å². The monoisotopic (exact) mass is 304 g/mol. The van der Waals surface area contributed by atoms with Crippen LogP contribution in [0.2, 0.25) is 5.15 Å². The third kappa shape index (κ3) is 2.88. The van der Waals surface area contributed by atoms with E-state index in [1.165, 1.54) is 0 Å². The van der Waals surface area contributed by atoms with Gasteiger partial charge in [-0.15, -0.1) is 0 Å². The molecule has 0 saturated carbocycles. The topological polar surface area (TPSA) is 42.0 Å². The van der Waals surface area contributed by atoms with Crippen LogP contribution >= 0.6 is 11.6 Å². The molecule has 1 N–H and O–H groups in total. The van der Waals surface area contributed by atoms with Gasteiger partial charge in [0.25, 0.3) is 5.91 Å². The summed E-state index contributed by atoms with van der Waals surface area (Å²) < 4.78 is 52.0. The van der Waals surface area contributed by atoms with Gasteiger partial charge in [0, 0.05) is 12.1 Å². The molecule has 0 aliphatic rings. The van der Waals surface area contributed by atoms with Gasteiger partial charge in [0.1, 0.15) is 16.8 Å². The largest absolute Gasteiger partial charge is 0.319 e. The molecule has 1 heterocycles. The first-order chi connectivity index (χ1) is 9.38. The fourth-order valence-corrected chi connectivity index (χ4v) is 1.58. The SMILES string of the molecule is O=C(Nc1cc(F)c(F)cc1F)c1cc(F)cnc1Cl. The van der Waals surface area contributed by atoms with Gasteiger partial charge in [0.05, 0.1) is 17.4 Å². The van der Waals surface area contributed by atoms with Gasteiger partial charge in [-0.05, 0) is 6.07 Å². The predicted octanol–water partition coefficient (Wildman–Crippen LogP) is 3.54. The lowest BCUT2D eigenvalue weighted by molar-refractivity contribution is 0.102. The average Bonchev–Trinajstić information content (AvgIpc) is 2.38. The van der Waals surface area contributed by atoms with Crippen molar-refractivity contribution in [2.75, 3.05) is 5.32 Å². The van der Waals surface area contributed by atoms with E-state index < -0.39 is 34.9 Å². The molecule has 0 saturated heterocycles. The Morgan fingerprint density at radius 1 is 1.05 bits per heavy atom. The number of nitrogens with one attached hydrogen (secondary N) is 1. The number of hydrogen-bond donors (Lipinski definition) is 1. The molecule has 0 bridgehead atoms. The molecule has 0 radical (unpaired) electrons. The van der Waals surface area contributed by atoms with Crippen molar-refractivity contribution in [2.45, 2.75) is 0 Å². The Morgan fingerprint density at radius 3 is 2.40 bits per heavy atom.